The molecule has 6 rings (SSSR count). The molecule has 0 radical (unpaired) electrons. The highest BCUT2D eigenvalue weighted by Gasteiger charge is 2.54. The molecule has 0 saturated carbocycles. The average molecular weight is 712 g/mol. The number of oxime groups is 1. The summed E-state index contributed by atoms with van der Waals surface area (Å²) in [5.41, 5.74) is 7.53. The molecule has 2 aromatic heterocycles. The van der Waals surface area contributed by atoms with Crippen molar-refractivity contribution in [3.63, 3.8) is 0 Å². The zero-order valence-electron chi connectivity index (χ0n) is 25.8. The van der Waals surface area contributed by atoms with E-state index in [-0.39, 0.29) is 40.4 Å². The Hall–Kier alpha value is -4.37. The van der Waals surface area contributed by atoms with E-state index in [4.69, 9.17) is 17.0 Å². The molecule has 1 aromatic carbocycles. The molecule has 48 heavy (non-hydrogen) atoms. The van der Waals surface area contributed by atoms with Gasteiger partial charge in [0.25, 0.3) is 11.8 Å². The summed E-state index contributed by atoms with van der Waals surface area (Å²) in [4.78, 5) is 52.2. The topological polar surface area (TPSA) is 166 Å². The number of terminal acetylenes is 1. The lowest BCUT2D eigenvalue weighted by atomic mass is 10.0. The van der Waals surface area contributed by atoms with Crippen molar-refractivity contribution in [3.8, 4) is 12.3 Å². The van der Waals surface area contributed by atoms with Crippen LogP contribution in [0.2, 0.25) is 0 Å². The molecule has 3 aromatic rings. The first-order valence-electron chi connectivity index (χ1n) is 15.0. The van der Waals surface area contributed by atoms with Gasteiger partial charge >= 0.3 is 5.97 Å². The SMILES string of the molecule is C#CCO/N=C(\C(=O)NC1C(=O)N2C(C(=O)O)=C(CSc3cc[n+](CC)c4cc(N5CCNCC5)c(F)cc34)CS[C@H]12)c1csc(N)n1. The second kappa shape index (κ2) is 14.4. The van der Waals surface area contributed by atoms with Crippen LogP contribution in [0.25, 0.3) is 10.9 Å². The Morgan fingerprint density at radius 3 is 2.85 bits per heavy atom. The van der Waals surface area contributed by atoms with Crippen molar-refractivity contribution in [2.24, 2.45) is 5.16 Å². The number of nitrogens with zero attached hydrogens (tertiary/aromatic N) is 5. The zero-order valence-corrected chi connectivity index (χ0v) is 28.2. The predicted octanol–water partition coefficient (Wildman–Crippen LogP) is 1.62. The first kappa shape index (κ1) is 33.5. The predicted molar refractivity (Wildman–Crippen MR) is 183 cm³/mol. The number of piperazine rings is 1. The molecule has 17 heteroatoms. The lowest BCUT2D eigenvalue weighted by Crippen LogP contribution is -2.71. The van der Waals surface area contributed by atoms with Crippen molar-refractivity contribution in [1.29, 1.82) is 0 Å². The Bertz CT molecular complexity index is 1890. The molecular formula is C31H32FN8O5S3+. The number of nitrogens with two attached hydrogens (primary N) is 1. The Morgan fingerprint density at radius 2 is 2.17 bits per heavy atom. The van der Waals surface area contributed by atoms with Gasteiger partial charge in [-0.15, -0.1) is 41.3 Å². The van der Waals surface area contributed by atoms with Crippen molar-refractivity contribution in [2.45, 2.75) is 29.8 Å². The van der Waals surface area contributed by atoms with E-state index in [2.05, 4.69) is 31.3 Å². The van der Waals surface area contributed by atoms with Gasteiger partial charge in [-0.25, -0.2) is 14.2 Å². The monoisotopic (exact) mass is 711 g/mol. The number of thiazole rings is 1. The van der Waals surface area contributed by atoms with E-state index in [1.165, 1.54) is 33.8 Å². The summed E-state index contributed by atoms with van der Waals surface area (Å²) in [7, 11) is 0. The molecule has 2 atom stereocenters. The Balaban J connectivity index is 1.21. The van der Waals surface area contributed by atoms with E-state index < -0.39 is 29.2 Å². The number of carboxylic acid groups (broad SMARTS) is 1. The molecule has 2 fully saturated rings. The highest BCUT2D eigenvalue weighted by Crippen LogP contribution is 2.42. The number of carbonyl (C=O) groups is 3. The standard InChI is InChI=1S/C31H31FN8O5S3/c1-3-11-45-37-24(20-16-48-31(33)35-20)27(41)36-25-28(42)40-26(30(43)44)17(15-47-29(25)40)14-46-23-5-8-38(4-2)21-13-22(19(32)12-18(21)23)39-9-6-34-7-10-39/h1,5,8,12-13,16,25,29,34H,4,6-7,9-11,14-15H2,2H3,(H3-,33,35,36,41,43,44)/p+1/b37-24-/t25?,29-/m1/s1. The molecular weight excluding hydrogens is 680 g/mol. The third-order valence-electron chi connectivity index (χ3n) is 8.07. The maximum Gasteiger partial charge on any atom is 0.352 e. The second-order valence-corrected chi connectivity index (χ2v) is 13.9. The van der Waals surface area contributed by atoms with Gasteiger partial charge in [-0.1, -0.05) is 11.1 Å². The van der Waals surface area contributed by atoms with Crippen LogP contribution in [0.15, 0.2) is 51.1 Å². The lowest BCUT2D eigenvalue weighted by Gasteiger charge is -2.49. The minimum absolute atomic E-state index is 0.115. The number of pyridine rings is 1. The van der Waals surface area contributed by atoms with Crippen LogP contribution in [0.4, 0.5) is 15.2 Å². The third kappa shape index (κ3) is 6.52. The summed E-state index contributed by atoms with van der Waals surface area (Å²) in [5, 5.41) is 21.7. The minimum atomic E-state index is -1.25. The largest absolute Gasteiger partial charge is 0.477 e. The maximum atomic E-state index is 15.5. The van der Waals surface area contributed by atoms with Crippen LogP contribution in [0.3, 0.4) is 0 Å². The number of aryl methyl sites for hydroxylation is 1. The van der Waals surface area contributed by atoms with Crippen molar-refractivity contribution >= 4 is 80.1 Å². The average Bonchev–Trinajstić information content (AvgIpc) is 3.52. The van der Waals surface area contributed by atoms with E-state index in [0.29, 0.717) is 36.6 Å². The first-order chi connectivity index (χ1) is 23.2. The van der Waals surface area contributed by atoms with Gasteiger partial charge in [-0.2, -0.15) is 4.57 Å². The fraction of sp³-hybridized carbons (Fsp3) is 0.355. The number of nitrogens with one attached hydrogen (secondary N) is 2. The summed E-state index contributed by atoms with van der Waals surface area (Å²) in [6.07, 6.45) is 7.16. The molecule has 5 N–H and O–H groups in total. The van der Waals surface area contributed by atoms with Crippen LogP contribution < -0.4 is 25.8 Å². The van der Waals surface area contributed by atoms with E-state index in [1.54, 1.807) is 6.07 Å². The molecule has 0 spiro atoms. The van der Waals surface area contributed by atoms with Crippen molar-refractivity contribution < 1.29 is 33.3 Å². The number of β-lactam (4-membered cyclic amide) rings is 1. The summed E-state index contributed by atoms with van der Waals surface area (Å²) >= 11 is 3.83. The number of benzene rings is 1. The van der Waals surface area contributed by atoms with E-state index in [1.807, 2.05) is 30.2 Å². The summed E-state index contributed by atoms with van der Waals surface area (Å²) in [6, 6.07) is 4.35. The smallest absolute Gasteiger partial charge is 0.352 e. The summed E-state index contributed by atoms with van der Waals surface area (Å²) < 4.78 is 17.6. The number of carbonyl (C=O) groups excluding carboxylic acids is 2. The summed E-state index contributed by atoms with van der Waals surface area (Å²) in [5.74, 6) is -0.0469. The first-order valence-corrected chi connectivity index (χ1v) is 17.9. The maximum absolute atomic E-state index is 15.5. The van der Waals surface area contributed by atoms with Gasteiger partial charge in [-0.3, -0.25) is 14.5 Å². The molecule has 250 valence electrons. The number of thioether (sulfide) groups is 2. The fourth-order valence-electron chi connectivity index (χ4n) is 5.77. The van der Waals surface area contributed by atoms with Crippen molar-refractivity contribution in [2.75, 3.05) is 54.9 Å². The lowest BCUT2D eigenvalue weighted by molar-refractivity contribution is -0.668. The Morgan fingerprint density at radius 1 is 1.38 bits per heavy atom. The van der Waals surface area contributed by atoms with Crippen molar-refractivity contribution in [3.05, 3.63) is 52.6 Å². The van der Waals surface area contributed by atoms with Crippen LogP contribution in [0, 0.1) is 18.2 Å². The number of halogens is 1. The molecule has 0 aliphatic carbocycles. The second-order valence-electron chi connectivity index (χ2n) is 10.9. The fourth-order valence-corrected chi connectivity index (χ4v) is 8.83. The van der Waals surface area contributed by atoms with E-state index in [9.17, 15) is 19.5 Å². The van der Waals surface area contributed by atoms with Gasteiger partial charge in [0.1, 0.15) is 35.2 Å². The minimum Gasteiger partial charge on any atom is -0.477 e. The van der Waals surface area contributed by atoms with Gasteiger partial charge in [0.05, 0.1) is 11.1 Å². The number of nitrogen functional groups attached to an aromatic ring is 1. The molecule has 2 amide bonds. The van der Waals surface area contributed by atoms with Crippen LogP contribution in [0.5, 0.6) is 0 Å². The normalized spacial score (nSPS) is 19.5. The van der Waals surface area contributed by atoms with Crippen LogP contribution in [-0.4, -0.2) is 94.2 Å². The molecule has 13 nitrogen and oxygen atoms in total. The number of hydrogen-bond donors (Lipinski definition) is 4. The van der Waals surface area contributed by atoms with Gasteiger partial charge in [0.15, 0.2) is 23.6 Å². The Labute approximate surface area is 287 Å². The number of carboxylic acids is 1. The highest BCUT2D eigenvalue weighted by atomic mass is 32.2. The third-order valence-corrected chi connectivity index (χ3v) is 11.2. The van der Waals surface area contributed by atoms with Gasteiger partial charge in [0.2, 0.25) is 5.52 Å². The number of anilines is 2. The molecule has 5 heterocycles. The van der Waals surface area contributed by atoms with Crippen LogP contribution in [-0.2, 0) is 25.8 Å². The van der Waals surface area contributed by atoms with E-state index in [0.717, 1.165) is 40.2 Å². The zero-order chi connectivity index (χ0) is 33.9. The van der Waals surface area contributed by atoms with Gasteiger partial charge in [-0.05, 0) is 18.6 Å². The number of aromatic nitrogens is 2. The molecule has 1 unspecified atom stereocenters. The number of rotatable bonds is 11. The number of amides is 2. The number of hydrogen-bond acceptors (Lipinski definition) is 12. The van der Waals surface area contributed by atoms with E-state index >= 15 is 4.39 Å². The number of aliphatic carboxylic acids is 1. The molecule has 3 aliphatic heterocycles. The van der Waals surface area contributed by atoms with Crippen molar-refractivity contribution in [1.82, 2.24) is 20.5 Å². The summed E-state index contributed by atoms with van der Waals surface area (Å²) in [6.45, 7) is 5.52. The molecule has 3 aliphatic rings. The molecule has 0 bridgehead atoms. The highest BCUT2D eigenvalue weighted by molar-refractivity contribution is 8.01. The Kier molecular flexibility index (Phi) is 10.1. The number of fused-ring (bicyclic) bond motifs is 2. The van der Waals surface area contributed by atoms with Gasteiger partial charge in [0, 0.05) is 60.1 Å². The van der Waals surface area contributed by atoms with Crippen LogP contribution >= 0.6 is 34.9 Å². The van der Waals surface area contributed by atoms with Crippen LogP contribution in [0.1, 0.15) is 12.6 Å². The quantitative estimate of drug-likeness (QED) is 0.0435. The van der Waals surface area contributed by atoms with Gasteiger partial charge < -0.3 is 31.2 Å². The molecule has 2 saturated heterocycles.